The zero-order chi connectivity index (χ0) is 21.2. The van der Waals surface area contributed by atoms with Crippen LogP contribution in [-0.4, -0.2) is 42.4 Å². The number of thioether (sulfide) groups is 1. The Hall–Kier alpha value is -2.87. The number of pyridine rings is 1. The van der Waals surface area contributed by atoms with E-state index in [0.717, 1.165) is 40.9 Å². The quantitative estimate of drug-likeness (QED) is 0.578. The molecule has 1 N–H and O–H groups in total. The van der Waals surface area contributed by atoms with E-state index < -0.39 is 0 Å². The van der Waals surface area contributed by atoms with E-state index in [-0.39, 0.29) is 5.91 Å². The topological polar surface area (TPSA) is 66.8 Å². The second-order valence-corrected chi connectivity index (χ2v) is 8.61. The van der Waals surface area contributed by atoms with Crippen molar-refractivity contribution < 1.29 is 9.53 Å². The average molecular weight is 451 g/mol. The molecule has 0 unspecified atom stereocenters. The lowest BCUT2D eigenvalue weighted by Gasteiger charge is -2.29. The van der Waals surface area contributed by atoms with Crippen LogP contribution in [0.1, 0.15) is 5.56 Å². The van der Waals surface area contributed by atoms with Crippen LogP contribution in [0, 0.1) is 0 Å². The minimum atomic E-state index is -0.265. The molecule has 1 amide bonds. The van der Waals surface area contributed by atoms with Gasteiger partial charge in [-0.2, -0.15) is 4.99 Å². The molecule has 0 spiro atoms. The van der Waals surface area contributed by atoms with Crippen LogP contribution in [0.3, 0.4) is 0 Å². The van der Waals surface area contributed by atoms with Gasteiger partial charge in [0, 0.05) is 30.4 Å². The van der Waals surface area contributed by atoms with Crippen LogP contribution in [0.25, 0.3) is 17.0 Å². The molecule has 0 saturated carbocycles. The van der Waals surface area contributed by atoms with E-state index in [4.69, 9.17) is 16.3 Å². The van der Waals surface area contributed by atoms with Crippen molar-refractivity contribution in [1.82, 2.24) is 4.98 Å². The molecule has 0 radical (unpaired) electrons. The predicted molar refractivity (Wildman–Crippen MR) is 128 cm³/mol. The summed E-state index contributed by atoms with van der Waals surface area (Å²) in [5.41, 5.74) is 3.64. The molecule has 5 rings (SSSR count). The standard InChI is InChI=1S/C23H19ClN4O2S/c24-18-5-4-17(28-8-10-30-11-9-28)14-20(18)26-23-27-22(29)21(31-23)13-15-3-6-19-16(12-15)2-1-7-25-19/h1-7,12-14H,8-11H2,(H,26,27,29)/b21-13-. The maximum Gasteiger partial charge on any atom is 0.286 e. The highest BCUT2D eigenvalue weighted by Crippen LogP contribution is 2.33. The Bertz CT molecular complexity index is 1220. The summed E-state index contributed by atoms with van der Waals surface area (Å²) in [6.07, 6.45) is 3.62. The lowest BCUT2D eigenvalue weighted by Crippen LogP contribution is -2.36. The normalized spacial score (nSPS) is 18.0. The van der Waals surface area contributed by atoms with Gasteiger partial charge in [-0.3, -0.25) is 9.78 Å². The van der Waals surface area contributed by atoms with E-state index in [2.05, 4.69) is 20.2 Å². The zero-order valence-electron chi connectivity index (χ0n) is 16.5. The van der Waals surface area contributed by atoms with Gasteiger partial charge >= 0.3 is 0 Å². The third kappa shape index (κ3) is 4.44. The number of hydrogen-bond acceptors (Lipinski definition) is 6. The molecular weight excluding hydrogens is 432 g/mol. The SMILES string of the molecule is O=C1N=C(Nc2cc(N3CCOCC3)ccc2Cl)S/C1=C\c1ccc2ncccc2c1. The third-order valence-electron chi connectivity index (χ3n) is 5.11. The summed E-state index contributed by atoms with van der Waals surface area (Å²) in [6.45, 7) is 3.09. The number of fused-ring (bicyclic) bond motifs is 1. The number of nitrogens with zero attached hydrogens (tertiary/aromatic N) is 3. The number of ether oxygens (including phenoxy) is 1. The monoisotopic (exact) mass is 450 g/mol. The molecule has 2 aliphatic heterocycles. The molecule has 2 aromatic carbocycles. The van der Waals surface area contributed by atoms with Gasteiger partial charge in [0.05, 0.1) is 34.3 Å². The van der Waals surface area contributed by atoms with Crippen molar-refractivity contribution in [2.24, 2.45) is 4.99 Å². The Balaban J connectivity index is 1.34. The molecule has 156 valence electrons. The molecule has 3 heterocycles. The number of hydrogen-bond donors (Lipinski definition) is 1. The number of benzene rings is 2. The molecule has 0 bridgehead atoms. The number of aromatic nitrogens is 1. The van der Waals surface area contributed by atoms with Crippen molar-refractivity contribution in [3.05, 3.63) is 70.2 Å². The molecule has 1 aromatic heterocycles. The van der Waals surface area contributed by atoms with E-state index in [1.165, 1.54) is 11.8 Å². The van der Waals surface area contributed by atoms with E-state index in [1.807, 2.05) is 54.6 Å². The van der Waals surface area contributed by atoms with Gasteiger partial charge in [-0.1, -0.05) is 23.7 Å². The minimum Gasteiger partial charge on any atom is -0.378 e. The number of carbonyl (C=O) groups is 1. The average Bonchev–Trinajstić information content (AvgIpc) is 3.14. The summed E-state index contributed by atoms with van der Waals surface area (Å²) in [7, 11) is 0. The molecule has 2 aliphatic rings. The molecule has 3 aromatic rings. The summed E-state index contributed by atoms with van der Waals surface area (Å²) in [5, 5.41) is 5.33. The number of aliphatic imine (C=N–C) groups is 1. The second-order valence-electron chi connectivity index (χ2n) is 7.18. The maximum absolute atomic E-state index is 12.5. The van der Waals surface area contributed by atoms with Gasteiger partial charge in [0.15, 0.2) is 5.17 Å². The Kier molecular flexibility index (Phi) is 5.63. The highest BCUT2D eigenvalue weighted by Gasteiger charge is 2.23. The van der Waals surface area contributed by atoms with E-state index in [0.29, 0.717) is 28.3 Å². The van der Waals surface area contributed by atoms with Crippen LogP contribution in [0.2, 0.25) is 5.02 Å². The Morgan fingerprint density at radius 1 is 1.13 bits per heavy atom. The summed E-state index contributed by atoms with van der Waals surface area (Å²) < 4.78 is 5.43. The number of rotatable bonds is 3. The van der Waals surface area contributed by atoms with Crippen molar-refractivity contribution in [2.75, 3.05) is 36.5 Å². The molecule has 0 atom stereocenters. The van der Waals surface area contributed by atoms with Gasteiger partial charge in [0.2, 0.25) is 0 Å². The first-order valence-corrected chi connectivity index (χ1v) is 11.1. The number of carbonyl (C=O) groups excluding carboxylic acids is 1. The number of amidine groups is 1. The Morgan fingerprint density at radius 2 is 2.00 bits per heavy atom. The smallest absolute Gasteiger partial charge is 0.286 e. The van der Waals surface area contributed by atoms with Gasteiger partial charge in [-0.15, -0.1) is 0 Å². The van der Waals surface area contributed by atoms with Crippen LogP contribution in [0.4, 0.5) is 11.4 Å². The van der Waals surface area contributed by atoms with Gasteiger partial charge in [-0.05, 0) is 59.8 Å². The molecule has 8 heteroatoms. The highest BCUT2D eigenvalue weighted by atomic mass is 35.5. The van der Waals surface area contributed by atoms with Crippen LogP contribution in [0.15, 0.2) is 64.6 Å². The number of morpholine rings is 1. The fourth-order valence-corrected chi connectivity index (χ4v) is 4.53. The lowest BCUT2D eigenvalue weighted by molar-refractivity contribution is -0.113. The van der Waals surface area contributed by atoms with Crippen LogP contribution >= 0.6 is 23.4 Å². The maximum atomic E-state index is 12.5. The number of halogens is 1. The Morgan fingerprint density at radius 3 is 2.87 bits per heavy atom. The summed E-state index contributed by atoms with van der Waals surface area (Å²) in [5.74, 6) is -0.265. The van der Waals surface area contributed by atoms with Crippen molar-refractivity contribution in [3.8, 4) is 0 Å². The van der Waals surface area contributed by atoms with Crippen LogP contribution in [-0.2, 0) is 9.53 Å². The van der Waals surface area contributed by atoms with Crippen LogP contribution < -0.4 is 10.2 Å². The van der Waals surface area contributed by atoms with E-state index >= 15 is 0 Å². The van der Waals surface area contributed by atoms with E-state index in [9.17, 15) is 4.79 Å². The predicted octanol–water partition coefficient (Wildman–Crippen LogP) is 4.81. The van der Waals surface area contributed by atoms with Crippen molar-refractivity contribution in [1.29, 1.82) is 0 Å². The lowest BCUT2D eigenvalue weighted by atomic mass is 10.1. The molecule has 1 fully saturated rings. The van der Waals surface area contributed by atoms with Gasteiger partial charge in [0.25, 0.3) is 5.91 Å². The molecule has 31 heavy (non-hydrogen) atoms. The van der Waals surface area contributed by atoms with Gasteiger partial charge in [-0.25, -0.2) is 0 Å². The third-order valence-corrected chi connectivity index (χ3v) is 6.34. The molecule has 6 nitrogen and oxygen atoms in total. The first kappa shape index (κ1) is 20.1. The summed E-state index contributed by atoms with van der Waals surface area (Å²) in [4.78, 5) is 23.8. The van der Waals surface area contributed by atoms with Crippen molar-refractivity contribution in [2.45, 2.75) is 0 Å². The minimum absolute atomic E-state index is 0.265. The van der Waals surface area contributed by atoms with Crippen LogP contribution in [0.5, 0.6) is 0 Å². The van der Waals surface area contributed by atoms with Crippen molar-refractivity contribution >= 4 is 62.8 Å². The molecular formula is C23H19ClN4O2S. The number of anilines is 2. The van der Waals surface area contributed by atoms with E-state index in [1.54, 1.807) is 6.20 Å². The highest BCUT2D eigenvalue weighted by molar-refractivity contribution is 8.18. The summed E-state index contributed by atoms with van der Waals surface area (Å²) >= 11 is 7.70. The number of amides is 1. The largest absolute Gasteiger partial charge is 0.378 e. The first-order chi connectivity index (χ1) is 15.2. The fraction of sp³-hybridized carbons (Fsp3) is 0.174. The first-order valence-electron chi connectivity index (χ1n) is 9.92. The molecule has 1 saturated heterocycles. The Labute approximate surface area is 189 Å². The molecule has 0 aliphatic carbocycles. The van der Waals surface area contributed by atoms with Gasteiger partial charge < -0.3 is 15.0 Å². The van der Waals surface area contributed by atoms with Crippen molar-refractivity contribution in [3.63, 3.8) is 0 Å². The fourth-order valence-electron chi connectivity index (χ4n) is 3.54. The zero-order valence-corrected chi connectivity index (χ0v) is 18.1. The second kappa shape index (κ2) is 8.70. The number of nitrogens with one attached hydrogen (secondary N) is 1. The summed E-state index contributed by atoms with van der Waals surface area (Å²) in [6, 6.07) is 15.6. The van der Waals surface area contributed by atoms with Gasteiger partial charge in [0.1, 0.15) is 0 Å².